The van der Waals surface area contributed by atoms with Crippen molar-refractivity contribution in [1.29, 1.82) is 0 Å². The molecule has 0 unspecified atom stereocenters. The summed E-state index contributed by atoms with van der Waals surface area (Å²) in [5, 5.41) is 15.9. The van der Waals surface area contributed by atoms with E-state index < -0.39 is 78.9 Å². The van der Waals surface area contributed by atoms with Gasteiger partial charge >= 0.3 is 12.1 Å². The molecule has 45 heavy (non-hydrogen) atoms. The summed E-state index contributed by atoms with van der Waals surface area (Å²) in [4.78, 5) is 66.6. The predicted octanol–water partition coefficient (Wildman–Crippen LogP) is 2.54. The molecule has 1 saturated carbocycles. The molecular formula is C29H40N4O10S2. The molecule has 1 aliphatic carbocycles. The average Bonchev–Trinajstić information content (AvgIpc) is 3.28. The van der Waals surface area contributed by atoms with Crippen molar-refractivity contribution in [2.45, 2.75) is 99.6 Å². The zero-order valence-corrected chi connectivity index (χ0v) is 27.3. The topological polar surface area (TPSA) is 198 Å². The first-order chi connectivity index (χ1) is 21.1. The summed E-state index contributed by atoms with van der Waals surface area (Å²) in [6, 6.07) is -1.85. The van der Waals surface area contributed by atoms with E-state index in [1.807, 2.05) is 10.8 Å². The lowest BCUT2D eigenvalue weighted by Gasteiger charge is -2.30. The second-order valence-electron chi connectivity index (χ2n) is 12.4. The number of aromatic carboxylic acids is 1. The van der Waals surface area contributed by atoms with Crippen LogP contribution in [0.4, 0.5) is 4.79 Å². The Hall–Kier alpha value is -3.66. The molecule has 248 valence electrons. The Morgan fingerprint density at radius 3 is 2.53 bits per heavy atom. The highest BCUT2D eigenvalue weighted by atomic mass is 32.2. The predicted molar refractivity (Wildman–Crippen MR) is 162 cm³/mol. The molecule has 14 nitrogen and oxygen atoms in total. The smallest absolute Gasteiger partial charge is 0.408 e. The Kier molecular flexibility index (Phi) is 10.2. The molecular weight excluding hydrogens is 628 g/mol. The summed E-state index contributed by atoms with van der Waals surface area (Å²) >= 11 is 0.590. The van der Waals surface area contributed by atoms with Crippen LogP contribution in [0.25, 0.3) is 0 Å². The number of nitrogens with zero attached hydrogens (tertiary/aromatic N) is 1. The molecule has 16 heteroatoms. The van der Waals surface area contributed by atoms with E-state index in [2.05, 4.69) is 10.6 Å². The highest BCUT2D eigenvalue weighted by Crippen LogP contribution is 2.46. The third-order valence-electron chi connectivity index (χ3n) is 7.95. The number of ether oxygens (including phenoxy) is 2. The average molecular weight is 669 g/mol. The fourth-order valence-corrected chi connectivity index (χ4v) is 8.12. The standard InChI is InChI=1S/C29H40N4O10S2/c1-28(2,3)43-27(39)30-19-12-9-7-5-6-8-11-17-15-29(17,31-22(34)20-13-10-14-33(20)23(19)35)26(38)32-45(40,41)25-21(42-4)18(16-44-25)24(36)37/h8,11,16-17,19-20H,5-7,9-10,12-15H2,1-4H3,(H,30,39)(H,31,34)(H,32,38)(H,36,37)/b11-8-/t17-,19-,20-,29+/m0/s1. The second-order valence-corrected chi connectivity index (χ2v) is 15.2. The third-order valence-corrected chi connectivity index (χ3v) is 10.8. The normalized spacial score (nSPS) is 26.7. The first-order valence-corrected chi connectivity index (χ1v) is 17.2. The van der Waals surface area contributed by atoms with Crippen LogP contribution in [0, 0.1) is 5.92 Å². The molecule has 0 spiro atoms. The lowest BCUT2D eigenvalue weighted by atomic mass is 10.0. The second kappa shape index (κ2) is 13.4. The van der Waals surface area contributed by atoms with E-state index in [1.54, 1.807) is 26.8 Å². The van der Waals surface area contributed by atoms with Gasteiger partial charge in [-0.2, -0.15) is 0 Å². The number of fused-ring (bicyclic) bond motifs is 2. The summed E-state index contributed by atoms with van der Waals surface area (Å²) in [7, 11) is -3.46. The van der Waals surface area contributed by atoms with Crippen molar-refractivity contribution in [2.24, 2.45) is 5.92 Å². The Morgan fingerprint density at radius 1 is 1.13 bits per heavy atom. The number of carbonyl (C=O) groups excluding carboxylic acids is 4. The third kappa shape index (κ3) is 7.77. The van der Waals surface area contributed by atoms with Gasteiger partial charge in [-0.1, -0.05) is 25.0 Å². The van der Waals surface area contributed by atoms with E-state index >= 15 is 0 Å². The maximum Gasteiger partial charge on any atom is 0.408 e. The van der Waals surface area contributed by atoms with Gasteiger partial charge in [0.15, 0.2) is 9.96 Å². The van der Waals surface area contributed by atoms with Crippen LogP contribution >= 0.6 is 11.3 Å². The molecule has 1 saturated heterocycles. The van der Waals surface area contributed by atoms with Crippen LogP contribution in [-0.4, -0.2) is 85.1 Å². The molecule has 0 bridgehead atoms. The molecule has 3 heterocycles. The van der Waals surface area contributed by atoms with Crippen molar-refractivity contribution in [3.05, 3.63) is 23.1 Å². The molecule has 4 amide bonds. The first-order valence-electron chi connectivity index (χ1n) is 14.8. The first kappa shape index (κ1) is 34.2. The molecule has 3 aliphatic rings. The minimum Gasteiger partial charge on any atom is -0.493 e. The number of thiophene rings is 1. The van der Waals surface area contributed by atoms with Gasteiger partial charge in [-0.25, -0.2) is 22.7 Å². The number of carboxylic acid groups (broad SMARTS) is 1. The molecule has 0 radical (unpaired) electrons. The number of methoxy groups -OCH3 is 1. The van der Waals surface area contributed by atoms with Gasteiger partial charge in [0, 0.05) is 17.8 Å². The SMILES string of the molecule is COc1c(C(=O)O)csc1S(=O)(=O)NC(=O)[C@@]12C[C@@H]1/C=C\CCCCC[C@H](NC(=O)OC(C)(C)C)C(=O)N1CCC[C@H]1C(=O)N2. The zero-order chi connectivity index (χ0) is 33.2. The van der Waals surface area contributed by atoms with Crippen LogP contribution in [0.1, 0.15) is 82.5 Å². The van der Waals surface area contributed by atoms with Gasteiger partial charge in [-0.05, 0) is 59.3 Å². The Labute approximate surface area is 265 Å². The molecule has 2 fully saturated rings. The highest BCUT2D eigenvalue weighted by Gasteiger charge is 2.61. The molecule has 1 aromatic rings. The van der Waals surface area contributed by atoms with E-state index in [4.69, 9.17) is 9.47 Å². The Bertz CT molecular complexity index is 1480. The fraction of sp³-hybridized carbons (Fsp3) is 0.621. The molecule has 0 aromatic carbocycles. The molecule has 1 aromatic heterocycles. The van der Waals surface area contributed by atoms with Gasteiger partial charge in [0.05, 0.1) is 7.11 Å². The number of hydrogen-bond acceptors (Lipinski definition) is 10. The lowest BCUT2D eigenvalue weighted by molar-refractivity contribution is -0.141. The van der Waals surface area contributed by atoms with Crippen molar-refractivity contribution >= 4 is 51.1 Å². The van der Waals surface area contributed by atoms with E-state index in [9.17, 15) is 37.5 Å². The van der Waals surface area contributed by atoms with E-state index in [1.165, 1.54) is 4.90 Å². The van der Waals surface area contributed by atoms with E-state index in [0.717, 1.165) is 25.3 Å². The van der Waals surface area contributed by atoms with E-state index in [0.29, 0.717) is 43.4 Å². The zero-order valence-electron chi connectivity index (χ0n) is 25.7. The largest absolute Gasteiger partial charge is 0.493 e. The van der Waals surface area contributed by atoms with Crippen LogP contribution in [0.2, 0.25) is 0 Å². The van der Waals surface area contributed by atoms with Crippen LogP contribution < -0.4 is 20.1 Å². The highest BCUT2D eigenvalue weighted by molar-refractivity contribution is 7.92. The van der Waals surface area contributed by atoms with Crippen molar-refractivity contribution in [3.8, 4) is 5.75 Å². The number of nitrogens with one attached hydrogen (secondary N) is 3. The van der Waals surface area contributed by atoms with Crippen molar-refractivity contribution < 1.29 is 47.0 Å². The molecule has 4 atom stereocenters. The number of allylic oxidation sites excluding steroid dienone is 1. The molecule has 4 N–H and O–H groups in total. The summed E-state index contributed by atoms with van der Waals surface area (Å²) in [6.07, 6.45) is 7.07. The van der Waals surface area contributed by atoms with Gasteiger partial charge in [-0.15, -0.1) is 11.3 Å². The van der Waals surface area contributed by atoms with Gasteiger partial charge < -0.3 is 30.1 Å². The quantitative estimate of drug-likeness (QED) is 0.327. The van der Waals surface area contributed by atoms with Crippen molar-refractivity contribution in [3.63, 3.8) is 0 Å². The van der Waals surface area contributed by atoms with E-state index in [-0.39, 0.29) is 18.5 Å². The summed E-state index contributed by atoms with van der Waals surface area (Å²) in [5.74, 6) is -4.33. The number of amides is 4. The molecule has 4 rings (SSSR count). The minimum atomic E-state index is -4.58. The van der Waals surface area contributed by atoms with Crippen molar-refractivity contribution in [1.82, 2.24) is 20.3 Å². The number of alkyl carbamates (subject to hydrolysis) is 1. The lowest BCUT2D eigenvalue weighted by Crippen LogP contribution is -2.58. The maximum absolute atomic E-state index is 13.7. The summed E-state index contributed by atoms with van der Waals surface area (Å²) in [6.45, 7) is 5.41. The minimum absolute atomic E-state index is 0.127. The van der Waals surface area contributed by atoms with Crippen LogP contribution in [0.3, 0.4) is 0 Å². The monoisotopic (exact) mass is 668 g/mol. The van der Waals surface area contributed by atoms with Gasteiger partial charge in [0.1, 0.15) is 28.8 Å². The van der Waals surface area contributed by atoms with Gasteiger partial charge in [0.25, 0.3) is 15.9 Å². The number of carbonyl (C=O) groups is 5. The number of hydrogen-bond donors (Lipinski definition) is 4. The summed E-state index contributed by atoms with van der Waals surface area (Å²) in [5.41, 5.74) is -2.74. The fourth-order valence-electron chi connectivity index (χ4n) is 5.66. The van der Waals surface area contributed by atoms with Crippen molar-refractivity contribution in [2.75, 3.05) is 13.7 Å². The number of carboxylic acids is 1. The van der Waals surface area contributed by atoms with Crippen LogP contribution in [-0.2, 0) is 29.1 Å². The van der Waals surface area contributed by atoms with Crippen LogP contribution in [0.5, 0.6) is 5.75 Å². The van der Waals surface area contributed by atoms with Gasteiger partial charge in [0.2, 0.25) is 11.8 Å². The molecule has 2 aliphatic heterocycles. The Morgan fingerprint density at radius 2 is 1.87 bits per heavy atom. The maximum atomic E-state index is 13.7. The summed E-state index contributed by atoms with van der Waals surface area (Å²) < 4.78 is 38.4. The number of sulfonamides is 1. The number of rotatable bonds is 6. The van der Waals surface area contributed by atoms with Gasteiger partial charge in [-0.3, -0.25) is 14.4 Å². The Balaban J connectivity index is 1.58. The van der Waals surface area contributed by atoms with Crippen LogP contribution in [0.15, 0.2) is 21.7 Å².